The number of anilines is 1. The van der Waals surface area contributed by atoms with Gasteiger partial charge in [-0.3, -0.25) is 4.99 Å². The van der Waals surface area contributed by atoms with Crippen LogP contribution in [0.25, 0.3) is 0 Å². The van der Waals surface area contributed by atoms with Crippen molar-refractivity contribution in [3.8, 4) is 5.75 Å². The Hall–Kier alpha value is -1.91. The first-order valence-electron chi connectivity index (χ1n) is 6.39. The molecule has 0 aromatic heterocycles. The first-order valence-corrected chi connectivity index (χ1v) is 7.15. The van der Waals surface area contributed by atoms with Gasteiger partial charge in [0.1, 0.15) is 5.75 Å². The summed E-state index contributed by atoms with van der Waals surface area (Å²) in [4.78, 5) is 6.24. The van der Waals surface area contributed by atoms with Crippen LogP contribution in [0.1, 0.15) is 11.6 Å². The van der Waals surface area contributed by atoms with E-state index in [-0.39, 0.29) is 11.8 Å². The Labute approximate surface area is 132 Å². The summed E-state index contributed by atoms with van der Waals surface area (Å²) in [7, 11) is 0. The number of guanidine groups is 1. The van der Waals surface area contributed by atoms with Crippen molar-refractivity contribution < 1.29 is 5.11 Å². The zero-order valence-electron chi connectivity index (χ0n) is 11.0. The third kappa shape index (κ3) is 2.64. The van der Waals surface area contributed by atoms with E-state index < -0.39 is 0 Å². The summed E-state index contributed by atoms with van der Waals surface area (Å²) in [5.41, 5.74) is 7.86. The molecule has 1 unspecified atom stereocenters. The fourth-order valence-corrected chi connectivity index (χ4v) is 2.71. The summed E-state index contributed by atoms with van der Waals surface area (Å²) in [6.07, 6.45) is 0. The van der Waals surface area contributed by atoms with Crippen LogP contribution in [-0.2, 0) is 0 Å². The molecule has 4 nitrogen and oxygen atoms in total. The van der Waals surface area contributed by atoms with Crippen LogP contribution >= 0.6 is 23.2 Å². The first kappa shape index (κ1) is 14.0. The monoisotopic (exact) mass is 321 g/mol. The Bertz CT molecular complexity index is 701. The molecule has 0 amide bonds. The van der Waals surface area contributed by atoms with Gasteiger partial charge < -0.3 is 15.7 Å². The highest BCUT2D eigenvalue weighted by molar-refractivity contribution is 6.32. The minimum absolute atomic E-state index is 0.0516. The second kappa shape index (κ2) is 5.47. The number of phenolic OH excluding ortho intramolecular Hbond substituents is 1. The van der Waals surface area contributed by atoms with Crippen molar-refractivity contribution in [3.05, 3.63) is 58.1 Å². The van der Waals surface area contributed by atoms with Gasteiger partial charge in [0.05, 0.1) is 17.6 Å². The molecule has 3 rings (SSSR count). The highest BCUT2D eigenvalue weighted by Crippen LogP contribution is 2.34. The Morgan fingerprint density at radius 2 is 1.86 bits per heavy atom. The van der Waals surface area contributed by atoms with E-state index >= 15 is 0 Å². The molecule has 2 aromatic rings. The largest absolute Gasteiger partial charge is 0.506 e. The topological polar surface area (TPSA) is 61.9 Å². The summed E-state index contributed by atoms with van der Waals surface area (Å²) < 4.78 is 0. The van der Waals surface area contributed by atoms with Crippen molar-refractivity contribution in [1.29, 1.82) is 0 Å². The maximum Gasteiger partial charge on any atom is 0.196 e. The number of hydrogen-bond donors (Lipinski definition) is 2. The van der Waals surface area contributed by atoms with E-state index in [0.717, 1.165) is 11.3 Å². The van der Waals surface area contributed by atoms with E-state index in [1.54, 1.807) is 12.1 Å². The molecule has 1 heterocycles. The van der Waals surface area contributed by atoms with Gasteiger partial charge in [-0.05, 0) is 42.0 Å². The number of hydrogen-bond acceptors (Lipinski definition) is 4. The van der Waals surface area contributed by atoms with Crippen LogP contribution in [0.5, 0.6) is 5.75 Å². The molecule has 108 valence electrons. The fourth-order valence-electron chi connectivity index (χ4n) is 2.40. The minimum Gasteiger partial charge on any atom is -0.506 e. The van der Waals surface area contributed by atoms with Gasteiger partial charge in [-0.2, -0.15) is 0 Å². The van der Waals surface area contributed by atoms with Gasteiger partial charge in [0.25, 0.3) is 0 Å². The molecule has 21 heavy (non-hydrogen) atoms. The van der Waals surface area contributed by atoms with Crippen molar-refractivity contribution in [3.63, 3.8) is 0 Å². The number of nitrogens with zero attached hydrogens (tertiary/aromatic N) is 2. The molecule has 0 fully saturated rings. The molecule has 6 heteroatoms. The van der Waals surface area contributed by atoms with E-state index in [4.69, 9.17) is 28.9 Å². The lowest BCUT2D eigenvalue weighted by molar-refractivity contribution is 0.475. The average molecular weight is 322 g/mol. The molecule has 2 aromatic carbocycles. The van der Waals surface area contributed by atoms with Crippen LogP contribution < -0.4 is 10.6 Å². The lowest BCUT2D eigenvalue weighted by Crippen LogP contribution is -2.36. The Morgan fingerprint density at radius 3 is 2.52 bits per heavy atom. The maximum absolute atomic E-state index is 9.54. The zero-order chi connectivity index (χ0) is 15.0. The van der Waals surface area contributed by atoms with E-state index in [0.29, 0.717) is 22.5 Å². The fraction of sp³-hybridized carbons (Fsp3) is 0.133. The number of rotatable bonds is 2. The SMILES string of the molecule is NC1=NCC(c2ccc(O)c(Cl)c2)N1c1ccc(Cl)cc1. The molecule has 0 aliphatic carbocycles. The number of aliphatic imine (C=N–C) groups is 1. The number of nitrogens with two attached hydrogens (primary N) is 1. The number of halogens is 2. The van der Waals surface area contributed by atoms with Crippen molar-refractivity contribution >= 4 is 34.8 Å². The zero-order valence-corrected chi connectivity index (χ0v) is 12.5. The van der Waals surface area contributed by atoms with E-state index in [2.05, 4.69) is 4.99 Å². The van der Waals surface area contributed by atoms with Crippen molar-refractivity contribution in [1.82, 2.24) is 0 Å². The molecule has 0 spiro atoms. The number of aromatic hydroxyl groups is 1. The molecule has 1 aliphatic heterocycles. The van der Waals surface area contributed by atoms with Crippen LogP contribution in [-0.4, -0.2) is 17.6 Å². The second-order valence-corrected chi connectivity index (χ2v) is 5.62. The van der Waals surface area contributed by atoms with Crippen molar-refractivity contribution in [2.45, 2.75) is 6.04 Å². The van der Waals surface area contributed by atoms with Crippen molar-refractivity contribution in [2.24, 2.45) is 10.7 Å². The quantitative estimate of drug-likeness (QED) is 0.888. The van der Waals surface area contributed by atoms with Crippen LogP contribution in [0.15, 0.2) is 47.5 Å². The van der Waals surface area contributed by atoms with Crippen LogP contribution in [0, 0.1) is 0 Å². The van der Waals surface area contributed by atoms with E-state index in [9.17, 15) is 5.11 Å². The van der Waals surface area contributed by atoms with Crippen LogP contribution in [0.3, 0.4) is 0 Å². The minimum atomic E-state index is -0.0516. The lowest BCUT2D eigenvalue weighted by atomic mass is 10.1. The van der Waals surface area contributed by atoms with Crippen LogP contribution in [0.4, 0.5) is 5.69 Å². The van der Waals surface area contributed by atoms with Gasteiger partial charge in [-0.1, -0.05) is 29.3 Å². The highest BCUT2D eigenvalue weighted by atomic mass is 35.5. The Kier molecular flexibility index (Phi) is 3.66. The predicted octanol–water partition coefficient (Wildman–Crippen LogP) is 3.58. The first-order chi connectivity index (χ1) is 10.1. The molecule has 0 saturated carbocycles. The molecule has 1 aliphatic rings. The number of phenols is 1. The molecule has 0 saturated heterocycles. The average Bonchev–Trinajstić information content (AvgIpc) is 2.85. The normalized spacial score (nSPS) is 17.9. The van der Waals surface area contributed by atoms with Gasteiger partial charge >= 0.3 is 0 Å². The summed E-state index contributed by atoms with van der Waals surface area (Å²) in [5, 5.41) is 10.5. The third-order valence-electron chi connectivity index (χ3n) is 3.45. The highest BCUT2D eigenvalue weighted by Gasteiger charge is 2.29. The van der Waals surface area contributed by atoms with Gasteiger partial charge in [0.15, 0.2) is 5.96 Å². The maximum atomic E-state index is 9.54. The van der Waals surface area contributed by atoms with E-state index in [1.807, 2.05) is 35.2 Å². The predicted molar refractivity (Wildman–Crippen MR) is 86.3 cm³/mol. The van der Waals surface area contributed by atoms with Gasteiger partial charge in [-0.15, -0.1) is 0 Å². The Balaban J connectivity index is 1.98. The standard InChI is InChI=1S/C15H13Cl2N3O/c16-10-2-4-11(5-3-10)20-13(8-19-15(20)18)9-1-6-14(21)12(17)7-9/h1-7,13,21H,8H2,(H2,18,19). The van der Waals surface area contributed by atoms with E-state index in [1.165, 1.54) is 0 Å². The summed E-state index contributed by atoms with van der Waals surface area (Å²) >= 11 is 11.9. The molecular formula is C15H13Cl2N3O. The number of benzene rings is 2. The van der Waals surface area contributed by atoms with Crippen LogP contribution in [0.2, 0.25) is 10.0 Å². The molecule has 0 radical (unpaired) electrons. The van der Waals surface area contributed by atoms with Gasteiger partial charge in [-0.25, -0.2) is 0 Å². The smallest absolute Gasteiger partial charge is 0.196 e. The molecule has 3 N–H and O–H groups in total. The third-order valence-corrected chi connectivity index (χ3v) is 4.00. The summed E-state index contributed by atoms with van der Waals surface area (Å²) in [6.45, 7) is 0.537. The summed E-state index contributed by atoms with van der Waals surface area (Å²) in [6, 6.07) is 12.5. The van der Waals surface area contributed by atoms with Gasteiger partial charge in [0.2, 0.25) is 0 Å². The molecule has 0 bridgehead atoms. The summed E-state index contributed by atoms with van der Waals surface area (Å²) in [5.74, 6) is 0.511. The van der Waals surface area contributed by atoms with Gasteiger partial charge in [0, 0.05) is 10.7 Å². The molecule has 1 atom stereocenters. The lowest BCUT2D eigenvalue weighted by Gasteiger charge is -2.27. The second-order valence-electron chi connectivity index (χ2n) is 4.77. The molecular weight excluding hydrogens is 309 g/mol. The Morgan fingerprint density at radius 1 is 1.14 bits per heavy atom. The van der Waals surface area contributed by atoms with Crippen molar-refractivity contribution in [2.75, 3.05) is 11.4 Å².